The standard InChI is InChI=1S/C32H35N3O6S/c1-3-41-26-14-15-27-28(20-26)34(25-11-5-4-6-12-25)32(37)35(27)42(38,39)30-16-13-23(19-29(30)40-2)31(36)33-24-17-21-9-7-8-10-22(21)18-24/h7-10,13-16,19-20,24-25H,3-6,11-12,17-18H2,1-2H3,(H,33,36). The average Bonchev–Trinajstić information content (AvgIpc) is 3.54. The second kappa shape index (κ2) is 11.3. The van der Waals surface area contributed by atoms with Crippen LogP contribution < -0.4 is 20.5 Å². The predicted molar refractivity (Wildman–Crippen MR) is 160 cm³/mol. The van der Waals surface area contributed by atoms with Crippen LogP contribution in [0.4, 0.5) is 0 Å². The van der Waals surface area contributed by atoms with Crippen molar-refractivity contribution in [3.05, 3.63) is 87.8 Å². The molecule has 1 saturated carbocycles. The molecule has 1 aromatic heterocycles. The van der Waals surface area contributed by atoms with E-state index in [9.17, 15) is 18.0 Å². The molecule has 2 aliphatic carbocycles. The van der Waals surface area contributed by atoms with Gasteiger partial charge in [-0.25, -0.2) is 13.2 Å². The maximum atomic E-state index is 14.2. The molecule has 0 radical (unpaired) electrons. The molecule has 4 aromatic rings. The lowest BCUT2D eigenvalue weighted by Crippen LogP contribution is -2.35. The van der Waals surface area contributed by atoms with Crippen LogP contribution in [0.5, 0.6) is 11.5 Å². The second-order valence-corrected chi connectivity index (χ2v) is 12.8. The molecular formula is C32H35N3O6S. The zero-order valence-corrected chi connectivity index (χ0v) is 24.7. The van der Waals surface area contributed by atoms with Gasteiger partial charge in [0.2, 0.25) is 0 Å². The lowest BCUT2D eigenvalue weighted by Gasteiger charge is -2.23. The highest BCUT2D eigenvalue weighted by atomic mass is 32.2. The van der Waals surface area contributed by atoms with Crippen molar-refractivity contribution in [1.82, 2.24) is 13.9 Å². The molecule has 0 atom stereocenters. The Bertz CT molecular complexity index is 1790. The number of rotatable bonds is 8. The van der Waals surface area contributed by atoms with Gasteiger partial charge in [0.15, 0.2) is 0 Å². The summed E-state index contributed by atoms with van der Waals surface area (Å²) in [4.78, 5) is 26.9. The largest absolute Gasteiger partial charge is 0.495 e. The summed E-state index contributed by atoms with van der Waals surface area (Å²) in [6.07, 6.45) is 6.14. The quantitative estimate of drug-likeness (QED) is 0.315. The molecule has 2 aliphatic rings. The smallest absolute Gasteiger partial charge is 0.343 e. The van der Waals surface area contributed by atoms with Crippen LogP contribution in [0.2, 0.25) is 0 Å². The van der Waals surface area contributed by atoms with Gasteiger partial charge in [-0.1, -0.05) is 43.5 Å². The molecule has 1 fully saturated rings. The van der Waals surface area contributed by atoms with Crippen LogP contribution in [0, 0.1) is 0 Å². The van der Waals surface area contributed by atoms with E-state index in [0.717, 1.165) is 48.9 Å². The first-order chi connectivity index (χ1) is 20.3. The average molecular weight is 590 g/mol. The van der Waals surface area contributed by atoms with Crippen molar-refractivity contribution < 1.29 is 22.7 Å². The van der Waals surface area contributed by atoms with Gasteiger partial charge in [-0.3, -0.25) is 9.36 Å². The van der Waals surface area contributed by atoms with E-state index in [0.29, 0.717) is 17.9 Å². The highest BCUT2D eigenvalue weighted by Gasteiger charge is 2.32. The number of nitrogens with zero attached hydrogens (tertiary/aromatic N) is 2. The SMILES string of the molecule is CCOc1ccc2c(c1)n(C1CCCCC1)c(=O)n2S(=O)(=O)c1ccc(C(=O)NC2Cc3ccccc3C2)cc1OC. The zero-order valence-electron chi connectivity index (χ0n) is 23.8. The lowest BCUT2D eigenvalue weighted by molar-refractivity contribution is 0.0938. The van der Waals surface area contributed by atoms with Gasteiger partial charge in [-0.05, 0) is 74.1 Å². The van der Waals surface area contributed by atoms with Gasteiger partial charge in [-0.2, -0.15) is 3.97 Å². The number of methoxy groups -OCH3 is 1. The first kappa shape index (κ1) is 28.1. The Balaban J connectivity index is 1.37. The van der Waals surface area contributed by atoms with Gasteiger partial charge in [0.1, 0.15) is 16.4 Å². The van der Waals surface area contributed by atoms with E-state index >= 15 is 0 Å². The third-order valence-corrected chi connectivity index (χ3v) is 10.1. The van der Waals surface area contributed by atoms with E-state index in [4.69, 9.17) is 9.47 Å². The van der Waals surface area contributed by atoms with Crippen LogP contribution in [0.3, 0.4) is 0 Å². The van der Waals surface area contributed by atoms with E-state index < -0.39 is 15.7 Å². The summed E-state index contributed by atoms with van der Waals surface area (Å²) in [5.41, 5.74) is 2.89. The van der Waals surface area contributed by atoms with E-state index in [1.807, 2.05) is 19.1 Å². The molecule has 9 nitrogen and oxygen atoms in total. The predicted octanol–water partition coefficient (Wildman–Crippen LogP) is 4.85. The van der Waals surface area contributed by atoms with E-state index in [1.54, 1.807) is 22.8 Å². The monoisotopic (exact) mass is 589 g/mol. The highest BCUT2D eigenvalue weighted by molar-refractivity contribution is 7.90. The number of ether oxygens (including phenoxy) is 2. The maximum absolute atomic E-state index is 14.2. The Labute approximate surface area is 245 Å². The Morgan fingerprint density at radius 1 is 0.952 bits per heavy atom. The highest BCUT2D eigenvalue weighted by Crippen LogP contribution is 2.34. The maximum Gasteiger partial charge on any atom is 0.343 e. The number of nitrogens with one attached hydrogen (secondary N) is 1. The minimum Gasteiger partial charge on any atom is -0.495 e. The number of aromatic nitrogens is 2. The minimum atomic E-state index is -4.40. The summed E-state index contributed by atoms with van der Waals surface area (Å²) in [6.45, 7) is 2.32. The van der Waals surface area contributed by atoms with Crippen LogP contribution in [0.15, 0.2) is 70.4 Å². The number of benzene rings is 3. The number of hydrogen-bond donors (Lipinski definition) is 1. The minimum absolute atomic E-state index is 0.00578. The molecule has 220 valence electrons. The van der Waals surface area contributed by atoms with Crippen molar-refractivity contribution in [3.8, 4) is 11.5 Å². The van der Waals surface area contributed by atoms with Crippen LogP contribution in [0.25, 0.3) is 11.0 Å². The molecule has 42 heavy (non-hydrogen) atoms. The third kappa shape index (κ3) is 4.98. The Kier molecular flexibility index (Phi) is 7.57. The van der Waals surface area contributed by atoms with Crippen LogP contribution in [-0.2, 0) is 22.9 Å². The Morgan fingerprint density at radius 2 is 1.67 bits per heavy atom. The van der Waals surface area contributed by atoms with E-state index in [1.165, 1.54) is 36.4 Å². The molecule has 6 rings (SSSR count). The Morgan fingerprint density at radius 3 is 2.33 bits per heavy atom. The van der Waals surface area contributed by atoms with Gasteiger partial charge in [0.25, 0.3) is 15.9 Å². The fraction of sp³-hybridized carbons (Fsp3) is 0.375. The van der Waals surface area contributed by atoms with Crippen molar-refractivity contribution >= 4 is 27.0 Å². The zero-order chi connectivity index (χ0) is 29.4. The molecule has 1 N–H and O–H groups in total. The summed E-state index contributed by atoms with van der Waals surface area (Å²) in [5.74, 6) is 0.251. The number of carbonyl (C=O) groups excluding carboxylic acids is 1. The number of amides is 1. The van der Waals surface area contributed by atoms with Gasteiger partial charge in [0, 0.05) is 23.7 Å². The molecule has 1 heterocycles. The summed E-state index contributed by atoms with van der Waals surface area (Å²) in [7, 11) is -3.04. The first-order valence-electron chi connectivity index (χ1n) is 14.5. The summed E-state index contributed by atoms with van der Waals surface area (Å²) < 4.78 is 42.0. The summed E-state index contributed by atoms with van der Waals surface area (Å²) >= 11 is 0. The number of carbonyl (C=O) groups is 1. The van der Waals surface area contributed by atoms with Crippen LogP contribution in [-0.4, -0.2) is 42.6 Å². The normalized spacial score (nSPS) is 16.0. The lowest BCUT2D eigenvalue weighted by atomic mass is 9.95. The Hall–Kier alpha value is -4.05. The molecule has 10 heteroatoms. The number of fused-ring (bicyclic) bond motifs is 2. The van der Waals surface area contributed by atoms with Crippen LogP contribution in [0.1, 0.15) is 66.6 Å². The molecule has 0 aliphatic heterocycles. The fourth-order valence-electron chi connectivity index (χ4n) is 6.40. The van der Waals surface area contributed by atoms with Crippen molar-refractivity contribution in [2.24, 2.45) is 0 Å². The van der Waals surface area contributed by atoms with Crippen molar-refractivity contribution in [3.63, 3.8) is 0 Å². The molecule has 0 unspecified atom stereocenters. The van der Waals surface area contributed by atoms with Gasteiger partial charge in [-0.15, -0.1) is 0 Å². The molecule has 0 spiro atoms. The fourth-order valence-corrected chi connectivity index (χ4v) is 7.94. The number of imidazole rings is 1. The van der Waals surface area contributed by atoms with Crippen LogP contribution >= 0.6 is 0 Å². The molecule has 1 amide bonds. The van der Waals surface area contributed by atoms with Crippen molar-refractivity contribution in [2.75, 3.05) is 13.7 Å². The number of hydrogen-bond acceptors (Lipinski definition) is 6. The molecular weight excluding hydrogens is 554 g/mol. The molecule has 3 aromatic carbocycles. The van der Waals surface area contributed by atoms with Crippen molar-refractivity contribution in [1.29, 1.82) is 0 Å². The summed E-state index contributed by atoms with van der Waals surface area (Å²) in [6, 6.07) is 17.2. The topological polar surface area (TPSA) is 109 Å². The van der Waals surface area contributed by atoms with E-state index in [2.05, 4.69) is 17.4 Å². The van der Waals surface area contributed by atoms with Gasteiger partial charge in [0.05, 0.1) is 24.8 Å². The summed E-state index contributed by atoms with van der Waals surface area (Å²) in [5, 5.41) is 3.06. The molecule has 0 bridgehead atoms. The molecule has 0 saturated heterocycles. The van der Waals surface area contributed by atoms with Gasteiger partial charge >= 0.3 is 5.69 Å². The van der Waals surface area contributed by atoms with Gasteiger partial charge < -0.3 is 14.8 Å². The third-order valence-electron chi connectivity index (χ3n) is 8.39. The van der Waals surface area contributed by atoms with Crippen molar-refractivity contribution in [2.45, 2.75) is 68.8 Å². The first-order valence-corrected chi connectivity index (χ1v) is 16.0. The van der Waals surface area contributed by atoms with E-state index in [-0.39, 0.29) is 39.7 Å². The second-order valence-electron chi connectivity index (χ2n) is 11.0.